The number of rotatable bonds is 2. The third kappa shape index (κ3) is 1.65. The van der Waals surface area contributed by atoms with Gasteiger partial charge in [0, 0.05) is 31.2 Å². The van der Waals surface area contributed by atoms with Crippen LogP contribution in [0.5, 0.6) is 0 Å². The molecule has 2 bridgehead atoms. The normalized spacial score (nSPS) is 36.4. The summed E-state index contributed by atoms with van der Waals surface area (Å²) >= 11 is 0. The number of aldehydes is 1. The first kappa shape index (κ1) is 10.8. The number of likely N-dealkylation sites (tertiary alicyclic amines) is 2. The minimum absolute atomic E-state index is 0.159. The zero-order valence-corrected chi connectivity index (χ0v) is 9.58. The number of carbonyl (C=O) groups is 2. The molecule has 3 atom stereocenters. The molecule has 2 saturated heterocycles. The standard InChI is InChI=1S/C12H16N2O3/c15-7-8-1-2-9(3-8)13-5-11-4-10(13)6-14(11)12(16)17/h3,7,9-11H,1-2,4-6H2,(H,16,17)/t9?,10-,11-/m0/s1. The van der Waals surface area contributed by atoms with E-state index in [9.17, 15) is 9.59 Å². The largest absolute Gasteiger partial charge is 0.465 e. The lowest BCUT2D eigenvalue weighted by molar-refractivity contribution is -0.105. The molecule has 3 rings (SSSR count). The fourth-order valence-corrected chi connectivity index (χ4v) is 3.43. The molecule has 1 N–H and O–H groups in total. The second-order valence-corrected chi connectivity index (χ2v) is 5.14. The number of fused-ring (bicyclic) bond motifs is 2. The van der Waals surface area contributed by atoms with E-state index in [1.807, 2.05) is 0 Å². The van der Waals surface area contributed by atoms with E-state index in [1.165, 1.54) is 0 Å². The number of carbonyl (C=O) groups excluding carboxylic acids is 1. The lowest BCUT2D eigenvalue weighted by atomic mass is 10.2. The molecule has 1 amide bonds. The molecule has 5 heteroatoms. The first-order valence-electron chi connectivity index (χ1n) is 6.10. The molecule has 0 spiro atoms. The number of hydrogen-bond donors (Lipinski definition) is 1. The van der Waals surface area contributed by atoms with Crippen LogP contribution in [-0.4, -0.2) is 58.5 Å². The summed E-state index contributed by atoms with van der Waals surface area (Å²) in [6, 6.07) is 0.857. The van der Waals surface area contributed by atoms with Crippen LogP contribution in [0.25, 0.3) is 0 Å². The molecule has 0 saturated carbocycles. The average Bonchev–Trinajstić information content (AvgIpc) is 3.02. The molecular weight excluding hydrogens is 220 g/mol. The van der Waals surface area contributed by atoms with E-state index >= 15 is 0 Å². The lowest BCUT2D eigenvalue weighted by Gasteiger charge is -2.35. The van der Waals surface area contributed by atoms with Crippen LogP contribution in [0, 0.1) is 0 Å². The van der Waals surface area contributed by atoms with Crippen molar-refractivity contribution < 1.29 is 14.7 Å². The maximum atomic E-state index is 11.0. The molecule has 0 aromatic rings. The SMILES string of the molecule is O=CC1=CC(N2C[C@@H]3C[C@H]2CN3C(=O)O)CC1. The smallest absolute Gasteiger partial charge is 0.407 e. The van der Waals surface area contributed by atoms with Crippen molar-refractivity contribution in [2.75, 3.05) is 13.1 Å². The van der Waals surface area contributed by atoms with Crippen molar-refractivity contribution >= 4 is 12.4 Å². The van der Waals surface area contributed by atoms with Gasteiger partial charge >= 0.3 is 6.09 Å². The minimum atomic E-state index is -0.798. The zero-order valence-electron chi connectivity index (χ0n) is 9.58. The molecule has 92 valence electrons. The van der Waals surface area contributed by atoms with Crippen molar-refractivity contribution in [3.05, 3.63) is 11.6 Å². The highest BCUT2D eigenvalue weighted by atomic mass is 16.4. The van der Waals surface area contributed by atoms with E-state index in [0.717, 1.165) is 37.7 Å². The lowest BCUT2D eigenvalue weighted by Crippen LogP contribution is -2.50. The highest BCUT2D eigenvalue weighted by molar-refractivity contribution is 5.74. The Balaban J connectivity index is 1.69. The van der Waals surface area contributed by atoms with Crippen LogP contribution in [0.4, 0.5) is 4.79 Å². The van der Waals surface area contributed by atoms with E-state index in [2.05, 4.69) is 11.0 Å². The highest BCUT2D eigenvalue weighted by Gasteiger charge is 2.47. The predicted molar refractivity (Wildman–Crippen MR) is 60.8 cm³/mol. The Morgan fingerprint density at radius 1 is 1.41 bits per heavy atom. The van der Waals surface area contributed by atoms with Crippen molar-refractivity contribution in [3.8, 4) is 0 Å². The molecule has 2 heterocycles. The third-order valence-electron chi connectivity index (χ3n) is 4.24. The summed E-state index contributed by atoms with van der Waals surface area (Å²) in [5.41, 5.74) is 0.896. The van der Waals surface area contributed by atoms with Gasteiger partial charge in [-0.3, -0.25) is 9.69 Å². The first-order valence-corrected chi connectivity index (χ1v) is 6.10. The molecule has 0 aromatic carbocycles. The van der Waals surface area contributed by atoms with Gasteiger partial charge in [0.25, 0.3) is 0 Å². The Bertz CT molecular complexity index is 393. The van der Waals surface area contributed by atoms with Gasteiger partial charge in [0.1, 0.15) is 6.29 Å². The summed E-state index contributed by atoms with van der Waals surface area (Å²) in [5.74, 6) is 0. The fourth-order valence-electron chi connectivity index (χ4n) is 3.43. The summed E-state index contributed by atoms with van der Waals surface area (Å²) in [6.45, 7) is 1.45. The number of piperazine rings is 1. The van der Waals surface area contributed by atoms with E-state index in [1.54, 1.807) is 4.90 Å². The Morgan fingerprint density at radius 3 is 2.76 bits per heavy atom. The van der Waals surface area contributed by atoms with Crippen LogP contribution in [0.15, 0.2) is 11.6 Å². The van der Waals surface area contributed by atoms with Crippen LogP contribution in [0.2, 0.25) is 0 Å². The van der Waals surface area contributed by atoms with Gasteiger partial charge < -0.3 is 10.0 Å². The van der Waals surface area contributed by atoms with Crippen molar-refractivity contribution in [2.45, 2.75) is 37.4 Å². The van der Waals surface area contributed by atoms with Gasteiger partial charge in [0.2, 0.25) is 0 Å². The fraction of sp³-hybridized carbons (Fsp3) is 0.667. The van der Waals surface area contributed by atoms with Gasteiger partial charge in [0.05, 0.1) is 0 Å². The van der Waals surface area contributed by atoms with Gasteiger partial charge in [-0.25, -0.2) is 4.79 Å². The number of hydrogen-bond acceptors (Lipinski definition) is 3. The van der Waals surface area contributed by atoms with Crippen LogP contribution >= 0.6 is 0 Å². The molecule has 5 nitrogen and oxygen atoms in total. The Labute approximate surface area is 99.7 Å². The van der Waals surface area contributed by atoms with E-state index in [-0.39, 0.29) is 6.04 Å². The summed E-state index contributed by atoms with van der Waals surface area (Å²) < 4.78 is 0. The van der Waals surface area contributed by atoms with Gasteiger partial charge in [-0.05, 0) is 24.8 Å². The topological polar surface area (TPSA) is 60.9 Å². The van der Waals surface area contributed by atoms with Gasteiger partial charge in [-0.1, -0.05) is 6.08 Å². The Hall–Kier alpha value is -1.36. The molecular formula is C12H16N2O3. The molecule has 17 heavy (non-hydrogen) atoms. The van der Waals surface area contributed by atoms with E-state index < -0.39 is 6.09 Å². The maximum Gasteiger partial charge on any atom is 0.407 e. The first-order chi connectivity index (χ1) is 8.19. The molecule has 2 fully saturated rings. The second kappa shape index (κ2) is 3.84. The molecule has 1 unspecified atom stereocenters. The second-order valence-electron chi connectivity index (χ2n) is 5.14. The van der Waals surface area contributed by atoms with Crippen molar-refractivity contribution in [1.29, 1.82) is 0 Å². The average molecular weight is 236 g/mol. The molecule has 3 aliphatic rings. The summed E-state index contributed by atoms with van der Waals surface area (Å²) in [6.07, 6.45) is 5.02. The van der Waals surface area contributed by atoms with Crippen molar-refractivity contribution in [3.63, 3.8) is 0 Å². The molecule has 0 radical (unpaired) electrons. The van der Waals surface area contributed by atoms with Gasteiger partial charge in [0.15, 0.2) is 0 Å². The van der Waals surface area contributed by atoms with Crippen LogP contribution in [0.3, 0.4) is 0 Å². The predicted octanol–water partition coefficient (Wildman–Crippen LogP) is 0.711. The summed E-state index contributed by atoms with van der Waals surface area (Å²) in [4.78, 5) is 25.6. The third-order valence-corrected chi connectivity index (χ3v) is 4.24. The molecule has 1 aliphatic carbocycles. The number of amides is 1. The van der Waals surface area contributed by atoms with E-state index in [4.69, 9.17) is 5.11 Å². The highest BCUT2D eigenvalue weighted by Crippen LogP contribution is 2.35. The van der Waals surface area contributed by atoms with Crippen molar-refractivity contribution in [1.82, 2.24) is 9.80 Å². The monoisotopic (exact) mass is 236 g/mol. The van der Waals surface area contributed by atoms with Gasteiger partial charge in [-0.15, -0.1) is 0 Å². The summed E-state index contributed by atoms with van der Waals surface area (Å²) in [7, 11) is 0. The number of carboxylic acid groups (broad SMARTS) is 1. The summed E-state index contributed by atoms with van der Waals surface area (Å²) in [5, 5.41) is 9.02. The van der Waals surface area contributed by atoms with Gasteiger partial charge in [-0.2, -0.15) is 0 Å². The van der Waals surface area contributed by atoms with E-state index in [0.29, 0.717) is 18.6 Å². The number of nitrogens with zero attached hydrogens (tertiary/aromatic N) is 2. The van der Waals surface area contributed by atoms with Crippen LogP contribution in [0.1, 0.15) is 19.3 Å². The van der Waals surface area contributed by atoms with Crippen LogP contribution in [-0.2, 0) is 4.79 Å². The maximum absolute atomic E-state index is 11.0. The quantitative estimate of drug-likeness (QED) is 0.717. The Kier molecular flexibility index (Phi) is 2.43. The zero-order chi connectivity index (χ0) is 12.0. The Morgan fingerprint density at radius 2 is 2.24 bits per heavy atom. The molecule has 2 aliphatic heterocycles. The van der Waals surface area contributed by atoms with Crippen molar-refractivity contribution in [2.24, 2.45) is 0 Å². The number of allylic oxidation sites excluding steroid dienone is 1. The molecule has 0 aromatic heterocycles. The minimum Gasteiger partial charge on any atom is -0.465 e. The van der Waals surface area contributed by atoms with Crippen LogP contribution < -0.4 is 0 Å².